The zero-order valence-corrected chi connectivity index (χ0v) is 13.8. The number of hydrogen-bond donors (Lipinski definition) is 1. The maximum Gasteiger partial charge on any atom is 0.175 e. The van der Waals surface area contributed by atoms with Crippen LogP contribution in [-0.2, 0) is 16.3 Å². The molecule has 0 heterocycles. The van der Waals surface area contributed by atoms with Gasteiger partial charge in [-0.15, -0.1) is 0 Å². The third-order valence-corrected chi connectivity index (χ3v) is 4.40. The van der Waals surface area contributed by atoms with E-state index in [0.717, 1.165) is 25.8 Å². The molecule has 0 amide bonds. The first kappa shape index (κ1) is 17.2. The van der Waals surface area contributed by atoms with E-state index in [9.17, 15) is 8.42 Å². The number of rotatable bonds is 8. The molecule has 0 aliphatic carbocycles. The number of sulfone groups is 1. The average molecular weight is 297 g/mol. The molecule has 0 aliphatic rings. The van der Waals surface area contributed by atoms with Gasteiger partial charge in [-0.05, 0) is 49.4 Å². The van der Waals surface area contributed by atoms with Crippen LogP contribution < -0.4 is 5.32 Å². The van der Waals surface area contributed by atoms with E-state index in [1.54, 1.807) is 12.1 Å². The number of hydrogen-bond acceptors (Lipinski definition) is 3. The van der Waals surface area contributed by atoms with E-state index in [0.29, 0.717) is 16.9 Å². The van der Waals surface area contributed by atoms with E-state index < -0.39 is 9.84 Å². The van der Waals surface area contributed by atoms with Gasteiger partial charge >= 0.3 is 0 Å². The van der Waals surface area contributed by atoms with Crippen LogP contribution >= 0.6 is 0 Å². The molecule has 1 unspecified atom stereocenters. The first-order valence-electron chi connectivity index (χ1n) is 7.35. The summed E-state index contributed by atoms with van der Waals surface area (Å²) in [6.07, 6.45) is 4.45. The minimum absolute atomic E-state index is 0.392. The first-order chi connectivity index (χ1) is 9.32. The minimum atomic E-state index is -3.10. The lowest BCUT2D eigenvalue weighted by Crippen LogP contribution is -2.33. The van der Waals surface area contributed by atoms with E-state index in [4.69, 9.17) is 0 Å². The summed E-state index contributed by atoms with van der Waals surface area (Å²) < 4.78 is 22.9. The largest absolute Gasteiger partial charge is 0.314 e. The molecule has 1 rings (SSSR count). The molecule has 0 spiro atoms. The summed E-state index contributed by atoms with van der Waals surface area (Å²) in [7, 11) is -3.10. The van der Waals surface area contributed by atoms with Crippen LogP contribution in [0.5, 0.6) is 0 Å². The summed E-state index contributed by atoms with van der Waals surface area (Å²) in [5.74, 6) is 0.652. The molecule has 1 aromatic carbocycles. The summed E-state index contributed by atoms with van der Waals surface area (Å²) in [5, 5.41) is 3.58. The second-order valence-electron chi connectivity index (χ2n) is 5.90. The molecule has 0 saturated carbocycles. The van der Waals surface area contributed by atoms with Crippen molar-refractivity contribution in [2.75, 3.05) is 12.8 Å². The third-order valence-electron chi connectivity index (χ3n) is 3.27. The van der Waals surface area contributed by atoms with Gasteiger partial charge in [-0.2, -0.15) is 0 Å². The second kappa shape index (κ2) is 7.79. The van der Waals surface area contributed by atoms with Crippen molar-refractivity contribution in [1.29, 1.82) is 0 Å². The van der Waals surface area contributed by atoms with Gasteiger partial charge in [-0.25, -0.2) is 8.42 Å². The van der Waals surface area contributed by atoms with E-state index in [-0.39, 0.29) is 0 Å². The fourth-order valence-corrected chi connectivity index (χ4v) is 2.94. The average Bonchev–Trinajstić information content (AvgIpc) is 2.35. The Morgan fingerprint density at radius 1 is 1.15 bits per heavy atom. The van der Waals surface area contributed by atoms with Gasteiger partial charge in [0.05, 0.1) is 4.90 Å². The maximum atomic E-state index is 11.4. The molecule has 0 radical (unpaired) electrons. The smallest absolute Gasteiger partial charge is 0.175 e. The fourth-order valence-electron chi connectivity index (χ4n) is 2.31. The Balaban J connectivity index is 2.72. The van der Waals surface area contributed by atoms with E-state index in [1.165, 1.54) is 11.8 Å². The van der Waals surface area contributed by atoms with Crippen molar-refractivity contribution < 1.29 is 8.42 Å². The predicted molar refractivity (Wildman–Crippen MR) is 84.8 cm³/mol. The number of benzene rings is 1. The van der Waals surface area contributed by atoms with Crippen molar-refractivity contribution in [1.82, 2.24) is 5.32 Å². The highest BCUT2D eigenvalue weighted by Gasteiger charge is 2.12. The van der Waals surface area contributed by atoms with E-state index in [1.807, 2.05) is 12.1 Å². The molecule has 20 heavy (non-hydrogen) atoms. The number of nitrogens with one attached hydrogen (secondary N) is 1. The molecule has 4 heteroatoms. The third kappa shape index (κ3) is 6.06. The van der Waals surface area contributed by atoms with Gasteiger partial charge in [0, 0.05) is 12.3 Å². The summed E-state index contributed by atoms with van der Waals surface area (Å²) in [6.45, 7) is 7.65. The zero-order valence-electron chi connectivity index (χ0n) is 13.0. The van der Waals surface area contributed by atoms with E-state index >= 15 is 0 Å². The van der Waals surface area contributed by atoms with Crippen LogP contribution in [0.4, 0.5) is 0 Å². The fraction of sp³-hybridized carbons (Fsp3) is 0.625. The molecule has 114 valence electrons. The molecule has 0 fully saturated rings. The monoisotopic (exact) mass is 297 g/mol. The van der Waals surface area contributed by atoms with Crippen molar-refractivity contribution >= 4 is 9.84 Å². The SMILES string of the molecule is CCCNC(Cc1ccc(S(C)(=O)=O)cc1)CC(C)C. The zero-order chi connectivity index (χ0) is 15.2. The Bertz CT molecular complexity index is 492. The van der Waals surface area contributed by atoms with Crippen molar-refractivity contribution in [2.24, 2.45) is 5.92 Å². The molecule has 0 saturated heterocycles. The van der Waals surface area contributed by atoms with Crippen molar-refractivity contribution in [3.8, 4) is 0 Å². The maximum absolute atomic E-state index is 11.4. The Labute approximate surface area is 123 Å². The van der Waals surface area contributed by atoms with Crippen molar-refractivity contribution in [3.63, 3.8) is 0 Å². The highest BCUT2D eigenvalue weighted by Crippen LogP contribution is 2.14. The first-order valence-corrected chi connectivity index (χ1v) is 9.24. The highest BCUT2D eigenvalue weighted by atomic mass is 32.2. The topological polar surface area (TPSA) is 46.2 Å². The van der Waals surface area contributed by atoms with Crippen LogP contribution in [0.3, 0.4) is 0 Å². The molecular weight excluding hydrogens is 270 g/mol. The van der Waals surface area contributed by atoms with Gasteiger partial charge in [-0.1, -0.05) is 32.9 Å². The Hall–Kier alpha value is -0.870. The summed E-state index contributed by atoms with van der Waals surface area (Å²) in [4.78, 5) is 0.392. The van der Waals surface area contributed by atoms with Gasteiger partial charge in [0.1, 0.15) is 0 Å². The lowest BCUT2D eigenvalue weighted by molar-refractivity contribution is 0.416. The Morgan fingerprint density at radius 2 is 1.75 bits per heavy atom. The van der Waals surface area contributed by atoms with Crippen molar-refractivity contribution in [2.45, 2.75) is 51.0 Å². The molecular formula is C16H27NO2S. The lowest BCUT2D eigenvalue weighted by atomic mass is 9.97. The van der Waals surface area contributed by atoms with Gasteiger partial charge in [0.2, 0.25) is 0 Å². The van der Waals surface area contributed by atoms with Crippen LogP contribution in [-0.4, -0.2) is 27.3 Å². The quantitative estimate of drug-likeness (QED) is 0.802. The van der Waals surface area contributed by atoms with Crippen molar-refractivity contribution in [3.05, 3.63) is 29.8 Å². The minimum Gasteiger partial charge on any atom is -0.314 e. The van der Waals surface area contributed by atoms with Crippen LogP contribution in [0.1, 0.15) is 39.2 Å². The molecule has 1 atom stereocenters. The van der Waals surface area contributed by atoms with Gasteiger partial charge < -0.3 is 5.32 Å². The lowest BCUT2D eigenvalue weighted by Gasteiger charge is -2.20. The van der Waals surface area contributed by atoms with Gasteiger partial charge in [-0.3, -0.25) is 0 Å². The van der Waals surface area contributed by atoms with E-state index in [2.05, 4.69) is 26.1 Å². The molecule has 1 N–H and O–H groups in total. The molecule has 0 aromatic heterocycles. The van der Waals surface area contributed by atoms with Crippen LogP contribution in [0.25, 0.3) is 0 Å². The Morgan fingerprint density at radius 3 is 2.20 bits per heavy atom. The van der Waals surface area contributed by atoms with Gasteiger partial charge in [0.15, 0.2) is 9.84 Å². The highest BCUT2D eigenvalue weighted by molar-refractivity contribution is 7.90. The predicted octanol–water partition coefficient (Wildman–Crippen LogP) is 3.05. The molecule has 3 nitrogen and oxygen atoms in total. The summed E-state index contributed by atoms with van der Waals surface area (Å²) >= 11 is 0. The van der Waals surface area contributed by atoms with Gasteiger partial charge in [0.25, 0.3) is 0 Å². The second-order valence-corrected chi connectivity index (χ2v) is 7.92. The van der Waals surface area contributed by atoms with Crippen LogP contribution in [0, 0.1) is 5.92 Å². The van der Waals surface area contributed by atoms with Crippen LogP contribution in [0.2, 0.25) is 0 Å². The molecule has 0 bridgehead atoms. The summed E-state index contributed by atoms with van der Waals surface area (Å²) in [5.41, 5.74) is 1.19. The summed E-state index contributed by atoms with van der Waals surface area (Å²) in [6, 6.07) is 7.72. The molecule has 0 aliphatic heterocycles. The normalized spacial score (nSPS) is 13.7. The standard InChI is InChI=1S/C16H27NO2S/c1-5-10-17-15(11-13(2)3)12-14-6-8-16(9-7-14)20(4,18)19/h6-9,13,15,17H,5,10-12H2,1-4H3. The Kier molecular flexibility index (Phi) is 6.69. The van der Waals surface area contributed by atoms with Crippen LogP contribution in [0.15, 0.2) is 29.2 Å². The molecule has 1 aromatic rings.